The van der Waals surface area contributed by atoms with Crippen molar-refractivity contribution < 1.29 is 9.47 Å². The van der Waals surface area contributed by atoms with Crippen molar-refractivity contribution in [1.29, 1.82) is 0 Å². The van der Waals surface area contributed by atoms with E-state index in [-0.39, 0.29) is 24.2 Å². The zero-order chi connectivity index (χ0) is 13.8. The summed E-state index contributed by atoms with van der Waals surface area (Å²) in [5, 5.41) is 0. The highest BCUT2D eigenvalue weighted by atomic mass is 16.5. The third-order valence-corrected chi connectivity index (χ3v) is 2.80. The number of nitrogens with zero attached hydrogens (tertiary/aromatic N) is 4. The lowest BCUT2D eigenvalue weighted by atomic mass is 10.2. The SMILES string of the molecule is CC(C)Oc1nc(N)nc(N(C)CC2CCCO2)n1. The number of aromatic nitrogens is 3. The van der Waals surface area contributed by atoms with E-state index < -0.39 is 0 Å². The molecule has 1 fully saturated rings. The Morgan fingerprint density at radius 3 is 2.84 bits per heavy atom. The molecule has 1 saturated heterocycles. The number of hydrogen-bond acceptors (Lipinski definition) is 7. The number of nitrogens with two attached hydrogens (primary N) is 1. The number of hydrogen-bond donors (Lipinski definition) is 1. The molecule has 0 amide bonds. The molecular formula is C12H21N5O2. The minimum atomic E-state index is -0.00174. The van der Waals surface area contributed by atoms with E-state index in [0.29, 0.717) is 5.95 Å². The number of ether oxygens (including phenoxy) is 2. The first kappa shape index (κ1) is 13.8. The van der Waals surface area contributed by atoms with Gasteiger partial charge in [-0.3, -0.25) is 0 Å². The highest BCUT2D eigenvalue weighted by molar-refractivity contribution is 5.35. The molecular weight excluding hydrogens is 246 g/mol. The lowest BCUT2D eigenvalue weighted by molar-refractivity contribution is 0.116. The van der Waals surface area contributed by atoms with Crippen LogP contribution in [0.1, 0.15) is 26.7 Å². The first-order valence-electron chi connectivity index (χ1n) is 6.55. The smallest absolute Gasteiger partial charge is 0.323 e. The van der Waals surface area contributed by atoms with Crippen molar-refractivity contribution in [2.24, 2.45) is 0 Å². The van der Waals surface area contributed by atoms with Gasteiger partial charge in [0.25, 0.3) is 0 Å². The maximum absolute atomic E-state index is 5.68. The fourth-order valence-corrected chi connectivity index (χ4v) is 1.97. The zero-order valence-electron chi connectivity index (χ0n) is 11.7. The molecule has 7 heteroatoms. The van der Waals surface area contributed by atoms with E-state index in [9.17, 15) is 0 Å². The van der Waals surface area contributed by atoms with Crippen LogP contribution in [0.15, 0.2) is 0 Å². The van der Waals surface area contributed by atoms with Gasteiger partial charge in [-0.1, -0.05) is 0 Å². The van der Waals surface area contributed by atoms with Gasteiger partial charge < -0.3 is 20.1 Å². The Morgan fingerprint density at radius 2 is 2.21 bits per heavy atom. The highest BCUT2D eigenvalue weighted by Crippen LogP contribution is 2.17. The standard InChI is InChI=1S/C12H21N5O2/c1-8(2)19-12-15-10(13)14-11(16-12)17(3)7-9-5-4-6-18-9/h8-9H,4-7H2,1-3H3,(H2,13,14,15,16). The van der Waals surface area contributed by atoms with Gasteiger partial charge in [-0.25, -0.2) is 0 Å². The van der Waals surface area contributed by atoms with E-state index >= 15 is 0 Å². The van der Waals surface area contributed by atoms with Gasteiger partial charge in [0.05, 0.1) is 12.2 Å². The predicted molar refractivity (Wildman–Crippen MR) is 72.2 cm³/mol. The molecule has 1 atom stereocenters. The quantitative estimate of drug-likeness (QED) is 0.846. The van der Waals surface area contributed by atoms with Crippen LogP contribution >= 0.6 is 0 Å². The van der Waals surface area contributed by atoms with Crippen molar-refractivity contribution in [3.8, 4) is 6.01 Å². The summed E-state index contributed by atoms with van der Waals surface area (Å²) in [5.74, 6) is 0.679. The van der Waals surface area contributed by atoms with Crippen LogP contribution in [0.3, 0.4) is 0 Å². The first-order chi connectivity index (χ1) is 9.04. The molecule has 2 N–H and O–H groups in total. The first-order valence-corrected chi connectivity index (χ1v) is 6.55. The van der Waals surface area contributed by atoms with E-state index in [4.69, 9.17) is 15.2 Å². The fraction of sp³-hybridized carbons (Fsp3) is 0.750. The van der Waals surface area contributed by atoms with Crippen LogP contribution in [0.4, 0.5) is 11.9 Å². The number of nitrogen functional groups attached to an aromatic ring is 1. The second kappa shape index (κ2) is 6.01. The van der Waals surface area contributed by atoms with Crippen LogP contribution in [0.25, 0.3) is 0 Å². The van der Waals surface area contributed by atoms with Crippen LogP contribution in [0.5, 0.6) is 6.01 Å². The van der Waals surface area contributed by atoms with Crippen LogP contribution in [-0.4, -0.2) is 47.4 Å². The van der Waals surface area contributed by atoms with Crippen LogP contribution in [0, 0.1) is 0 Å². The molecule has 0 aromatic carbocycles. The topological polar surface area (TPSA) is 86.4 Å². The molecule has 1 aliphatic rings. The molecule has 19 heavy (non-hydrogen) atoms. The molecule has 106 valence electrons. The second-order valence-electron chi connectivity index (χ2n) is 4.96. The van der Waals surface area contributed by atoms with Gasteiger partial charge >= 0.3 is 6.01 Å². The van der Waals surface area contributed by atoms with E-state index in [2.05, 4.69) is 15.0 Å². The zero-order valence-corrected chi connectivity index (χ0v) is 11.7. The molecule has 7 nitrogen and oxygen atoms in total. The van der Waals surface area contributed by atoms with Gasteiger partial charge in [-0.2, -0.15) is 15.0 Å². The van der Waals surface area contributed by atoms with Crippen LogP contribution < -0.4 is 15.4 Å². The molecule has 1 aromatic heterocycles. The Bertz CT molecular complexity index is 421. The number of anilines is 2. The summed E-state index contributed by atoms with van der Waals surface area (Å²) in [6, 6.07) is 0.261. The summed E-state index contributed by atoms with van der Waals surface area (Å²) in [6.07, 6.45) is 2.41. The van der Waals surface area contributed by atoms with E-state index in [0.717, 1.165) is 26.0 Å². The second-order valence-corrected chi connectivity index (χ2v) is 4.96. The highest BCUT2D eigenvalue weighted by Gasteiger charge is 2.19. The Kier molecular flexibility index (Phi) is 4.36. The minimum absolute atomic E-state index is 0.00174. The van der Waals surface area contributed by atoms with E-state index in [1.54, 1.807) is 0 Å². The largest absolute Gasteiger partial charge is 0.461 e. The Labute approximate surface area is 113 Å². The Balaban J connectivity index is 2.06. The molecule has 0 spiro atoms. The van der Waals surface area contributed by atoms with Gasteiger partial charge in [0.2, 0.25) is 11.9 Å². The van der Waals surface area contributed by atoms with Crippen LogP contribution in [-0.2, 0) is 4.74 Å². The maximum Gasteiger partial charge on any atom is 0.323 e. The normalized spacial score (nSPS) is 18.8. The van der Waals surface area contributed by atoms with Crippen molar-refractivity contribution in [1.82, 2.24) is 15.0 Å². The van der Waals surface area contributed by atoms with Crippen molar-refractivity contribution in [2.75, 3.05) is 30.8 Å². The van der Waals surface area contributed by atoms with Crippen molar-refractivity contribution in [3.05, 3.63) is 0 Å². The Hall–Kier alpha value is -1.63. The monoisotopic (exact) mass is 267 g/mol. The van der Waals surface area contributed by atoms with Crippen molar-refractivity contribution in [2.45, 2.75) is 38.9 Å². The molecule has 0 aliphatic carbocycles. The third kappa shape index (κ3) is 3.92. The molecule has 0 bridgehead atoms. The van der Waals surface area contributed by atoms with Gasteiger partial charge in [-0.05, 0) is 26.7 Å². The molecule has 2 heterocycles. The summed E-state index contributed by atoms with van der Waals surface area (Å²) in [4.78, 5) is 14.3. The van der Waals surface area contributed by atoms with E-state index in [1.807, 2.05) is 25.8 Å². The molecule has 0 saturated carbocycles. The number of likely N-dealkylation sites (N-methyl/N-ethyl adjacent to an activating group) is 1. The molecule has 1 aliphatic heterocycles. The van der Waals surface area contributed by atoms with Crippen molar-refractivity contribution >= 4 is 11.9 Å². The lowest BCUT2D eigenvalue weighted by Gasteiger charge is -2.21. The van der Waals surface area contributed by atoms with Crippen molar-refractivity contribution in [3.63, 3.8) is 0 Å². The lowest BCUT2D eigenvalue weighted by Crippen LogP contribution is -2.30. The van der Waals surface area contributed by atoms with Gasteiger partial charge in [0.15, 0.2) is 0 Å². The molecule has 2 rings (SSSR count). The van der Waals surface area contributed by atoms with Gasteiger partial charge in [0, 0.05) is 20.2 Å². The van der Waals surface area contributed by atoms with E-state index in [1.165, 1.54) is 0 Å². The summed E-state index contributed by atoms with van der Waals surface area (Å²) >= 11 is 0. The minimum Gasteiger partial charge on any atom is -0.461 e. The summed E-state index contributed by atoms with van der Waals surface area (Å²) < 4.78 is 11.1. The summed E-state index contributed by atoms with van der Waals surface area (Å²) in [7, 11) is 1.91. The summed E-state index contributed by atoms with van der Waals surface area (Å²) in [5.41, 5.74) is 5.68. The average Bonchev–Trinajstić information content (AvgIpc) is 2.80. The molecule has 1 unspecified atom stereocenters. The maximum atomic E-state index is 5.68. The molecule has 1 aromatic rings. The molecule has 0 radical (unpaired) electrons. The van der Waals surface area contributed by atoms with Gasteiger partial charge in [0.1, 0.15) is 0 Å². The fourth-order valence-electron chi connectivity index (χ4n) is 1.97. The average molecular weight is 267 g/mol. The predicted octanol–water partition coefficient (Wildman–Crippen LogP) is 0.856. The third-order valence-electron chi connectivity index (χ3n) is 2.80. The number of rotatable bonds is 5. The summed E-state index contributed by atoms with van der Waals surface area (Å²) in [6.45, 7) is 5.40. The van der Waals surface area contributed by atoms with Gasteiger partial charge in [-0.15, -0.1) is 0 Å². The Morgan fingerprint density at radius 1 is 1.42 bits per heavy atom. The van der Waals surface area contributed by atoms with Crippen LogP contribution in [0.2, 0.25) is 0 Å².